The van der Waals surface area contributed by atoms with Gasteiger partial charge < -0.3 is 10.2 Å². The average Bonchev–Trinajstić information content (AvgIpc) is 2.57. The minimum atomic E-state index is -0.0332. The minimum absolute atomic E-state index is 0.0332. The summed E-state index contributed by atoms with van der Waals surface area (Å²) >= 11 is 0. The van der Waals surface area contributed by atoms with Crippen LogP contribution in [0, 0.1) is 19.8 Å². The van der Waals surface area contributed by atoms with Crippen LogP contribution in [-0.2, 0) is 4.79 Å². The molecule has 1 unspecified atom stereocenters. The van der Waals surface area contributed by atoms with Crippen molar-refractivity contribution in [1.29, 1.82) is 0 Å². The maximum atomic E-state index is 12.5. The van der Waals surface area contributed by atoms with Crippen LogP contribution >= 0.6 is 0 Å². The fraction of sp³-hybridized carbons (Fsp3) is 0.389. The van der Waals surface area contributed by atoms with E-state index in [9.17, 15) is 4.79 Å². The molecule has 0 radical (unpaired) electrons. The third kappa shape index (κ3) is 3.86. The van der Waals surface area contributed by atoms with E-state index in [0.717, 1.165) is 36.5 Å². The molecule has 1 aliphatic heterocycles. The van der Waals surface area contributed by atoms with Gasteiger partial charge in [-0.15, -0.1) is 0 Å². The Bertz CT molecular complexity index is 684. The molecule has 0 aromatic carbocycles. The first-order chi connectivity index (χ1) is 11.1. The first-order valence-electron chi connectivity index (χ1n) is 8.04. The van der Waals surface area contributed by atoms with E-state index in [1.165, 1.54) is 0 Å². The molecule has 2 aromatic rings. The molecule has 3 rings (SSSR count). The van der Waals surface area contributed by atoms with Gasteiger partial charge in [-0.05, 0) is 50.5 Å². The lowest BCUT2D eigenvalue weighted by Crippen LogP contribution is -2.41. The van der Waals surface area contributed by atoms with Crippen molar-refractivity contribution in [3.05, 3.63) is 47.8 Å². The highest BCUT2D eigenvalue weighted by Gasteiger charge is 2.26. The second-order valence-corrected chi connectivity index (χ2v) is 6.13. The Kier molecular flexibility index (Phi) is 4.55. The van der Waals surface area contributed by atoms with Crippen molar-refractivity contribution in [3.63, 3.8) is 0 Å². The van der Waals surface area contributed by atoms with Crippen LogP contribution in [0.1, 0.15) is 24.1 Å². The summed E-state index contributed by atoms with van der Waals surface area (Å²) in [6, 6.07) is 9.80. The number of hydrogen-bond donors (Lipinski definition) is 1. The van der Waals surface area contributed by atoms with Gasteiger partial charge in [0.1, 0.15) is 11.6 Å². The van der Waals surface area contributed by atoms with Crippen LogP contribution in [0.3, 0.4) is 0 Å². The number of pyridine rings is 2. The third-order valence-corrected chi connectivity index (χ3v) is 4.15. The van der Waals surface area contributed by atoms with E-state index >= 15 is 0 Å². The molecule has 0 saturated carbocycles. The molecule has 5 nitrogen and oxygen atoms in total. The summed E-state index contributed by atoms with van der Waals surface area (Å²) in [6.07, 6.45) is 3.66. The lowest BCUT2D eigenvalue weighted by molar-refractivity contribution is -0.120. The first-order valence-corrected chi connectivity index (χ1v) is 8.04. The van der Waals surface area contributed by atoms with Gasteiger partial charge in [0, 0.05) is 25.0 Å². The number of anilines is 2. The Balaban J connectivity index is 1.65. The highest BCUT2D eigenvalue weighted by Crippen LogP contribution is 2.23. The van der Waals surface area contributed by atoms with Crippen LogP contribution in [0.25, 0.3) is 0 Å². The second kappa shape index (κ2) is 6.77. The van der Waals surface area contributed by atoms with Crippen molar-refractivity contribution in [1.82, 2.24) is 9.97 Å². The molecule has 23 heavy (non-hydrogen) atoms. The predicted octanol–water partition coefficient (Wildman–Crippen LogP) is 2.95. The van der Waals surface area contributed by atoms with Gasteiger partial charge in [0.15, 0.2) is 0 Å². The zero-order valence-corrected chi connectivity index (χ0v) is 13.6. The number of aromatic nitrogens is 2. The molecule has 0 bridgehead atoms. The number of nitrogens with one attached hydrogen (secondary N) is 1. The Hall–Kier alpha value is -2.43. The Morgan fingerprint density at radius 2 is 2.13 bits per heavy atom. The van der Waals surface area contributed by atoms with Gasteiger partial charge in [0.05, 0.1) is 5.92 Å². The van der Waals surface area contributed by atoms with Crippen molar-refractivity contribution in [2.45, 2.75) is 26.7 Å². The van der Waals surface area contributed by atoms with Crippen molar-refractivity contribution in [2.75, 3.05) is 23.3 Å². The zero-order valence-electron chi connectivity index (χ0n) is 13.6. The molecule has 1 amide bonds. The third-order valence-electron chi connectivity index (χ3n) is 4.15. The Morgan fingerprint density at radius 1 is 1.26 bits per heavy atom. The van der Waals surface area contributed by atoms with Crippen LogP contribution in [-0.4, -0.2) is 29.0 Å². The largest absolute Gasteiger partial charge is 0.356 e. The molecule has 0 aliphatic carbocycles. The predicted molar refractivity (Wildman–Crippen MR) is 91.5 cm³/mol. The first kappa shape index (κ1) is 15.5. The van der Waals surface area contributed by atoms with Gasteiger partial charge in [-0.2, -0.15) is 0 Å². The Labute approximate surface area is 136 Å². The summed E-state index contributed by atoms with van der Waals surface area (Å²) in [5.41, 5.74) is 2.08. The fourth-order valence-corrected chi connectivity index (χ4v) is 2.87. The number of amides is 1. The summed E-state index contributed by atoms with van der Waals surface area (Å²) in [7, 11) is 0. The van der Waals surface area contributed by atoms with Crippen LogP contribution in [0.4, 0.5) is 11.6 Å². The van der Waals surface area contributed by atoms with E-state index in [-0.39, 0.29) is 11.8 Å². The van der Waals surface area contributed by atoms with E-state index in [4.69, 9.17) is 0 Å². The highest BCUT2D eigenvalue weighted by molar-refractivity contribution is 5.92. The molecule has 3 heterocycles. The topological polar surface area (TPSA) is 58.1 Å². The number of rotatable bonds is 3. The molecular formula is C18H22N4O. The zero-order chi connectivity index (χ0) is 16.2. The second-order valence-electron chi connectivity index (χ2n) is 6.13. The molecule has 5 heteroatoms. The number of aryl methyl sites for hydroxylation is 2. The monoisotopic (exact) mass is 310 g/mol. The number of carbonyl (C=O) groups is 1. The fourth-order valence-electron chi connectivity index (χ4n) is 2.87. The molecule has 0 spiro atoms. The maximum absolute atomic E-state index is 12.5. The van der Waals surface area contributed by atoms with Gasteiger partial charge in [0.2, 0.25) is 5.91 Å². The van der Waals surface area contributed by atoms with Gasteiger partial charge in [0.25, 0.3) is 0 Å². The SMILES string of the molecule is Cc1ccc(NC(=O)C2CCCN(c3cccc(C)n3)C2)nc1. The van der Waals surface area contributed by atoms with Crippen molar-refractivity contribution in [2.24, 2.45) is 5.92 Å². The molecule has 1 fully saturated rings. The summed E-state index contributed by atoms with van der Waals surface area (Å²) < 4.78 is 0. The van der Waals surface area contributed by atoms with Gasteiger partial charge in [-0.25, -0.2) is 9.97 Å². The molecule has 1 aliphatic rings. The van der Waals surface area contributed by atoms with Crippen molar-refractivity contribution in [3.8, 4) is 0 Å². The number of carbonyl (C=O) groups excluding carboxylic acids is 1. The summed E-state index contributed by atoms with van der Waals surface area (Å²) in [5, 5.41) is 2.93. The van der Waals surface area contributed by atoms with Gasteiger partial charge in [-0.1, -0.05) is 12.1 Å². The number of piperidine rings is 1. The normalized spacial score (nSPS) is 17.8. The molecule has 1 saturated heterocycles. The van der Waals surface area contributed by atoms with E-state index in [0.29, 0.717) is 12.4 Å². The standard InChI is InChI=1S/C18H22N4O/c1-13-8-9-16(19-11-13)21-18(23)15-6-4-10-22(12-15)17-7-3-5-14(2)20-17/h3,5,7-9,11,15H,4,6,10,12H2,1-2H3,(H,19,21,23). The van der Waals surface area contributed by atoms with Crippen LogP contribution in [0.15, 0.2) is 36.5 Å². The maximum Gasteiger partial charge on any atom is 0.230 e. The van der Waals surface area contributed by atoms with E-state index in [1.807, 2.05) is 44.2 Å². The van der Waals surface area contributed by atoms with E-state index in [1.54, 1.807) is 6.20 Å². The lowest BCUT2D eigenvalue weighted by atomic mass is 9.97. The van der Waals surface area contributed by atoms with Crippen molar-refractivity contribution >= 4 is 17.5 Å². The molecular weight excluding hydrogens is 288 g/mol. The summed E-state index contributed by atoms with van der Waals surface area (Å²) in [4.78, 5) is 23.5. The van der Waals surface area contributed by atoms with Crippen LogP contribution < -0.4 is 10.2 Å². The summed E-state index contributed by atoms with van der Waals surface area (Å²) in [6.45, 7) is 5.62. The van der Waals surface area contributed by atoms with Gasteiger partial charge >= 0.3 is 0 Å². The molecule has 120 valence electrons. The minimum Gasteiger partial charge on any atom is -0.356 e. The average molecular weight is 310 g/mol. The molecule has 1 atom stereocenters. The van der Waals surface area contributed by atoms with Crippen LogP contribution in [0.2, 0.25) is 0 Å². The summed E-state index contributed by atoms with van der Waals surface area (Å²) in [5.74, 6) is 1.58. The molecule has 2 aromatic heterocycles. The number of hydrogen-bond acceptors (Lipinski definition) is 4. The molecule has 1 N–H and O–H groups in total. The highest BCUT2D eigenvalue weighted by atomic mass is 16.2. The van der Waals surface area contributed by atoms with Crippen LogP contribution in [0.5, 0.6) is 0 Å². The van der Waals surface area contributed by atoms with Crippen molar-refractivity contribution < 1.29 is 4.79 Å². The number of nitrogens with zero attached hydrogens (tertiary/aromatic N) is 3. The van der Waals surface area contributed by atoms with E-state index in [2.05, 4.69) is 20.2 Å². The lowest BCUT2D eigenvalue weighted by Gasteiger charge is -2.32. The van der Waals surface area contributed by atoms with Gasteiger partial charge in [-0.3, -0.25) is 4.79 Å². The van der Waals surface area contributed by atoms with E-state index < -0.39 is 0 Å². The quantitative estimate of drug-likeness (QED) is 0.947. The smallest absolute Gasteiger partial charge is 0.230 e. The Morgan fingerprint density at radius 3 is 2.87 bits per heavy atom.